The smallest absolute Gasteiger partial charge is 0.308 e. The molecule has 1 aliphatic heterocycles. The molecule has 0 aromatic rings. The fraction of sp³-hybridized carbons (Fsp3) is 0.818. The Bertz CT molecular complexity index is 604. The van der Waals surface area contributed by atoms with Crippen molar-refractivity contribution in [2.24, 2.45) is 0 Å². The van der Waals surface area contributed by atoms with E-state index in [1.54, 1.807) is 6.92 Å². The summed E-state index contributed by atoms with van der Waals surface area (Å²) in [4.78, 5) is 48.9. The maximum atomic E-state index is 12.3. The third-order valence-electron chi connectivity index (χ3n) is 4.59. The monoisotopic (exact) mass is 444 g/mol. The summed E-state index contributed by atoms with van der Waals surface area (Å²) < 4.78 is 27.8. The van der Waals surface area contributed by atoms with Crippen LogP contribution >= 0.6 is 0 Å². The van der Waals surface area contributed by atoms with Gasteiger partial charge in [-0.1, -0.05) is 27.7 Å². The van der Waals surface area contributed by atoms with Crippen LogP contribution in [0.3, 0.4) is 0 Å². The highest BCUT2D eigenvalue weighted by Crippen LogP contribution is 2.30. The molecular weight excluding hydrogens is 408 g/mol. The fourth-order valence-corrected chi connectivity index (χ4v) is 3.13. The van der Waals surface area contributed by atoms with Crippen LogP contribution in [0.1, 0.15) is 86.0 Å². The van der Waals surface area contributed by atoms with E-state index in [4.69, 9.17) is 23.7 Å². The molecule has 0 aromatic carbocycles. The topological polar surface area (TPSA) is 114 Å². The second-order valence-electron chi connectivity index (χ2n) is 7.56. The predicted octanol–water partition coefficient (Wildman–Crippen LogP) is 3.21. The van der Waals surface area contributed by atoms with Crippen molar-refractivity contribution >= 4 is 23.9 Å². The third kappa shape index (κ3) is 8.85. The second-order valence-corrected chi connectivity index (χ2v) is 7.56. The van der Waals surface area contributed by atoms with E-state index < -0.39 is 54.6 Å². The van der Waals surface area contributed by atoms with Gasteiger partial charge in [-0.2, -0.15) is 0 Å². The lowest BCUT2D eigenvalue weighted by Crippen LogP contribution is -2.61. The van der Waals surface area contributed by atoms with Gasteiger partial charge < -0.3 is 23.7 Å². The summed E-state index contributed by atoms with van der Waals surface area (Å²) >= 11 is 0. The Hall–Kier alpha value is -2.16. The first-order valence-corrected chi connectivity index (χ1v) is 11.2. The van der Waals surface area contributed by atoms with E-state index in [1.165, 1.54) is 0 Å². The Labute approximate surface area is 184 Å². The zero-order chi connectivity index (χ0) is 23.4. The molecule has 0 aromatic heterocycles. The van der Waals surface area contributed by atoms with Gasteiger partial charge in [-0.3, -0.25) is 19.2 Å². The second kappa shape index (κ2) is 14.0. The van der Waals surface area contributed by atoms with Crippen molar-refractivity contribution in [1.82, 2.24) is 0 Å². The Balaban J connectivity index is 3.24. The molecule has 0 aliphatic carbocycles. The van der Waals surface area contributed by atoms with Gasteiger partial charge in [-0.25, -0.2) is 0 Å². The van der Waals surface area contributed by atoms with Crippen molar-refractivity contribution in [1.29, 1.82) is 0 Å². The molecule has 31 heavy (non-hydrogen) atoms. The van der Waals surface area contributed by atoms with E-state index in [9.17, 15) is 19.2 Å². The van der Waals surface area contributed by atoms with Crippen molar-refractivity contribution < 1.29 is 42.9 Å². The Morgan fingerprint density at radius 2 is 0.935 bits per heavy atom. The van der Waals surface area contributed by atoms with Gasteiger partial charge in [0.1, 0.15) is 0 Å². The van der Waals surface area contributed by atoms with E-state index in [0.717, 1.165) is 0 Å². The van der Waals surface area contributed by atoms with Crippen LogP contribution in [0.4, 0.5) is 0 Å². The number of hydrogen-bond acceptors (Lipinski definition) is 9. The van der Waals surface area contributed by atoms with Crippen LogP contribution in [0.2, 0.25) is 0 Å². The predicted molar refractivity (Wildman–Crippen MR) is 110 cm³/mol. The zero-order valence-electron chi connectivity index (χ0n) is 19.2. The maximum Gasteiger partial charge on any atom is 0.308 e. The largest absolute Gasteiger partial charge is 0.455 e. The van der Waals surface area contributed by atoms with Crippen LogP contribution in [0.25, 0.3) is 0 Å². The molecule has 1 rings (SSSR count). The Morgan fingerprint density at radius 1 is 0.581 bits per heavy atom. The summed E-state index contributed by atoms with van der Waals surface area (Å²) in [7, 11) is 0. The fourth-order valence-electron chi connectivity index (χ4n) is 3.13. The van der Waals surface area contributed by atoms with Gasteiger partial charge in [-0.15, -0.1) is 0 Å². The SMILES string of the molecule is CCCC(=O)OC1OC(C)C(OC(=O)CCC)C(OC(=O)CCC)C1OC(=O)CCC. The molecule has 1 aliphatic rings. The molecule has 0 N–H and O–H groups in total. The minimum Gasteiger partial charge on any atom is -0.455 e. The van der Waals surface area contributed by atoms with Crippen LogP contribution in [0.5, 0.6) is 0 Å². The molecule has 0 saturated carbocycles. The number of ether oxygens (including phenoxy) is 5. The molecule has 178 valence electrons. The summed E-state index contributed by atoms with van der Waals surface area (Å²) in [5.41, 5.74) is 0. The van der Waals surface area contributed by atoms with Crippen molar-refractivity contribution in [3.8, 4) is 0 Å². The highest BCUT2D eigenvalue weighted by atomic mass is 16.7. The van der Waals surface area contributed by atoms with E-state index in [1.807, 2.05) is 27.7 Å². The Morgan fingerprint density at radius 3 is 1.35 bits per heavy atom. The van der Waals surface area contributed by atoms with Crippen molar-refractivity contribution in [2.45, 2.75) is 117 Å². The zero-order valence-corrected chi connectivity index (χ0v) is 19.2. The highest BCUT2D eigenvalue weighted by molar-refractivity contribution is 5.72. The summed E-state index contributed by atoms with van der Waals surface area (Å²) in [5.74, 6) is -2.11. The third-order valence-corrected chi connectivity index (χ3v) is 4.59. The molecule has 0 radical (unpaired) electrons. The van der Waals surface area contributed by atoms with Gasteiger partial charge in [0.2, 0.25) is 12.4 Å². The van der Waals surface area contributed by atoms with Gasteiger partial charge in [-0.05, 0) is 32.6 Å². The normalized spacial score (nSPS) is 25.4. The van der Waals surface area contributed by atoms with E-state index in [0.29, 0.717) is 25.7 Å². The first kappa shape index (κ1) is 26.9. The number of hydrogen-bond donors (Lipinski definition) is 0. The molecular formula is C22H36O9. The highest BCUT2D eigenvalue weighted by Gasteiger charge is 2.52. The lowest BCUT2D eigenvalue weighted by Gasteiger charge is -2.43. The average molecular weight is 445 g/mol. The van der Waals surface area contributed by atoms with Crippen LogP contribution in [-0.2, 0) is 42.9 Å². The number of rotatable bonds is 12. The van der Waals surface area contributed by atoms with Gasteiger partial charge >= 0.3 is 23.9 Å². The van der Waals surface area contributed by atoms with Crippen LogP contribution in [0, 0.1) is 0 Å². The quantitative estimate of drug-likeness (QED) is 0.330. The van der Waals surface area contributed by atoms with Crippen LogP contribution < -0.4 is 0 Å². The van der Waals surface area contributed by atoms with Gasteiger partial charge in [0.25, 0.3) is 0 Å². The average Bonchev–Trinajstić information content (AvgIpc) is 2.68. The molecule has 5 atom stereocenters. The van der Waals surface area contributed by atoms with E-state index in [2.05, 4.69) is 0 Å². The summed E-state index contributed by atoms with van der Waals surface area (Å²) in [6.45, 7) is 8.91. The summed E-state index contributed by atoms with van der Waals surface area (Å²) in [5, 5.41) is 0. The Kier molecular flexibility index (Phi) is 12.1. The van der Waals surface area contributed by atoms with E-state index >= 15 is 0 Å². The van der Waals surface area contributed by atoms with Crippen molar-refractivity contribution in [2.75, 3.05) is 0 Å². The number of carbonyl (C=O) groups is 4. The molecule has 9 heteroatoms. The molecule has 1 fully saturated rings. The first-order chi connectivity index (χ1) is 14.8. The lowest BCUT2D eigenvalue weighted by atomic mass is 9.98. The minimum absolute atomic E-state index is 0.123. The molecule has 1 saturated heterocycles. The molecule has 0 amide bonds. The maximum absolute atomic E-state index is 12.3. The molecule has 0 bridgehead atoms. The first-order valence-electron chi connectivity index (χ1n) is 11.2. The molecule has 1 heterocycles. The number of carbonyl (C=O) groups excluding carboxylic acids is 4. The van der Waals surface area contributed by atoms with Gasteiger partial charge in [0.15, 0.2) is 12.2 Å². The standard InChI is InChI=1S/C22H36O9/c1-6-10-15(23)28-19-14(5)27-22(31-18(26)13-9-4)21(30-17(25)12-8-3)20(19)29-16(24)11-7-2/h14,19-22H,6-13H2,1-5H3. The van der Waals surface area contributed by atoms with Gasteiger partial charge in [0.05, 0.1) is 6.10 Å². The summed E-state index contributed by atoms with van der Waals surface area (Å²) in [6.07, 6.45) is -2.66. The van der Waals surface area contributed by atoms with Crippen LogP contribution in [0.15, 0.2) is 0 Å². The van der Waals surface area contributed by atoms with Crippen LogP contribution in [-0.4, -0.2) is 54.6 Å². The number of esters is 4. The molecule has 0 spiro atoms. The van der Waals surface area contributed by atoms with Crippen molar-refractivity contribution in [3.05, 3.63) is 0 Å². The van der Waals surface area contributed by atoms with Crippen molar-refractivity contribution in [3.63, 3.8) is 0 Å². The van der Waals surface area contributed by atoms with E-state index in [-0.39, 0.29) is 25.7 Å². The minimum atomic E-state index is -1.28. The van der Waals surface area contributed by atoms with Gasteiger partial charge in [0, 0.05) is 25.7 Å². The molecule has 5 unspecified atom stereocenters. The summed E-state index contributed by atoms with van der Waals surface area (Å²) in [6, 6.07) is 0. The molecule has 9 nitrogen and oxygen atoms in total. The lowest BCUT2D eigenvalue weighted by molar-refractivity contribution is -0.294.